The van der Waals surface area contributed by atoms with Gasteiger partial charge in [-0.1, -0.05) is 18.2 Å². The Labute approximate surface area is 85.3 Å². The number of hydrogen-bond donors (Lipinski definition) is 1. The molecule has 1 saturated carbocycles. The van der Waals surface area contributed by atoms with Gasteiger partial charge >= 0.3 is 0 Å². The molecule has 14 heavy (non-hydrogen) atoms. The molecule has 0 aromatic heterocycles. The summed E-state index contributed by atoms with van der Waals surface area (Å²) in [5, 5.41) is 3.48. The zero-order chi connectivity index (χ0) is 9.86. The van der Waals surface area contributed by atoms with Crippen molar-refractivity contribution in [2.45, 2.75) is 25.3 Å². The quantitative estimate of drug-likeness (QED) is 0.720. The van der Waals surface area contributed by atoms with E-state index in [2.05, 4.69) is 12.2 Å². The summed E-state index contributed by atoms with van der Waals surface area (Å²) >= 11 is 0. The zero-order valence-corrected chi connectivity index (χ0v) is 8.62. The molecule has 2 nitrogen and oxygen atoms in total. The van der Waals surface area contributed by atoms with Crippen LogP contribution in [-0.2, 0) is 0 Å². The van der Waals surface area contributed by atoms with Gasteiger partial charge in [0.2, 0.25) is 0 Å². The van der Waals surface area contributed by atoms with Gasteiger partial charge in [-0.3, -0.25) is 0 Å². The Morgan fingerprint density at radius 2 is 2.00 bits per heavy atom. The molecule has 0 heterocycles. The van der Waals surface area contributed by atoms with Crippen LogP contribution in [0.4, 0.5) is 0 Å². The lowest BCUT2D eigenvalue weighted by molar-refractivity contribution is 0.304. The summed E-state index contributed by atoms with van der Waals surface area (Å²) in [4.78, 5) is 0. The monoisotopic (exact) mass is 191 g/mol. The van der Waals surface area contributed by atoms with Gasteiger partial charge in [-0.05, 0) is 31.9 Å². The molecule has 76 valence electrons. The molecule has 0 aliphatic heterocycles. The minimum absolute atomic E-state index is 0.417. The molecule has 1 aliphatic rings. The first-order valence-corrected chi connectivity index (χ1v) is 5.21. The van der Waals surface area contributed by atoms with E-state index in [1.54, 1.807) is 0 Å². The molecule has 0 bridgehead atoms. The van der Waals surface area contributed by atoms with Gasteiger partial charge in [0.15, 0.2) is 0 Å². The van der Waals surface area contributed by atoms with Crippen LogP contribution in [-0.4, -0.2) is 18.7 Å². The van der Waals surface area contributed by atoms with Gasteiger partial charge in [-0.15, -0.1) is 0 Å². The lowest BCUT2D eigenvalue weighted by Gasteiger charge is -2.11. The van der Waals surface area contributed by atoms with E-state index in [0.29, 0.717) is 5.54 Å². The van der Waals surface area contributed by atoms with E-state index in [1.165, 1.54) is 12.8 Å². The van der Waals surface area contributed by atoms with Gasteiger partial charge in [0.05, 0.1) is 0 Å². The summed E-state index contributed by atoms with van der Waals surface area (Å²) in [5.74, 6) is 0.954. The zero-order valence-electron chi connectivity index (χ0n) is 8.62. The van der Waals surface area contributed by atoms with E-state index in [1.807, 2.05) is 30.3 Å². The van der Waals surface area contributed by atoms with E-state index in [9.17, 15) is 0 Å². The molecule has 2 heteroatoms. The number of hydrogen-bond acceptors (Lipinski definition) is 2. The highest BCUT2D eigenvalue weighted by Gasteiger charge is 2.36. The van der Waals surface area contributed by atoms with Gasteiger partial charge in [-0.25, -0.2) is 0 Å². The van der Waals surface area contributed by atoms with Crippen LogP contribution in [0.3, 0.4) is 0 Å². The highest BCUT2D eigenvalue weighted by Crippen LogP contribution is 2.33. The number of benzene rings is 1. The fraction of sp³-hybridized carbons (Fsp3) is 0.500. The van der Waals surface area contributed by atoms with Crippen molar-refractivity contribution in [3.8, 4) is 5.75 Å². The molecule has 2 rings (SSSR count). The maximum atomic E-state index is 5.57. The first-order valence-electron chi connectivity index (χ1n) is 5.21. The summed E-state index contributed by atoms with van der Waals surface area (Å²) < 4.78 is 5.57. The Morgan fingerprint density at radius 1 is 1.29 bits per heavy atom. The average molecular weight is 191 g/mol. The van der Waals surface area contributed by atoms with E-state index < -0.39 is 0 Å². The van der Waals surface area contributed by atoms with Crippen LogP contribution in [0.5, 0.6) is 5.75 Å². The third-order valence-electron chi connectivity index (χ3n) is 2.67. The molecular weight excluding hydrogens is 174 g/mol. The van der Waals surface area contributed by atoms with Crippen molar-refractivity contribution in [3.05, 3.63) is 30.3 Å². The Kier molecular flexibility index (Phi) is 2.73. The summed E-state index contributed by atoms with van der Waals surface area (Å²) in [6, 6.07) is 9.95. The van der Waals surface area contributed by atoms with Crippen LogP contribution in [0.25, 0.3) is 0 Å². The maximum Gasteiger partial charge on any atom is 0.119 e. The first kappa shape index (κ1) is 9.53. The number of rotatable bonds is 5. The number of nitrogens with one attached hydrogen (secondary N) is 1. The Balaban J connectivity index is 1.63. The molecular formula is C12H17NO. The number of para-hydroxylation sites is 1. The predicted octanol–water partition coefficient (Wildman–Crippen LogP) is 2.21. The predicted molar refractivity (Wildman–Crippen MR) is 57.6 cm³/mol. The van der Waals surface area contributed by atoms with Crippen LogP contribution in [0.1, 0.15) is 19.8 Å². The highest BCUT2D eigenvalue weighted by atomic mass is 16.5. The summed E-state index contributed by atoms with van der Waals surface area (Å²) in [6.07, 6.45) is 2.61. The Morgan fingerprint density at radius 3 is 2.64 bits per heavy atom. The van der Waals surface area contributed by atoms with Crippen molar-refractivity contribution >= 4 is 0 Å². The largest absolute Gasteiger partial charge is 0.492 e. The fourth-order valence-electron chi connectivity index (χ4n) is 1.40. The summed E-state index contributed by atoms with van der Waals surface area (Å²) in [7, 11) is 0. The van der Waals surface area contributed by atoms with E-state index in [0.717, 1.165) is 18.9 Å². The van der Waals surface area contributed by atoms with Crippen LogP contribution >= 0.6 is 0 Å². The minimum atomic E-state index is 0.417. The van der Waals surface area contributed by atoms with Crippen molar-refractivity contribution in [2.75, 3.05) is 13.2 Å². The highest BCUT2D eigenvalue weighted by molar-refractivity contribution is 5.20. The normalized spacial score (nSPS) is 17.8. The molecule has 0 spiro atoms. The topological polar surface area (TPSA) is 21.3 Å². The molecule has 0 unspecified atom stereocenters. The number of ether oxygens (including phenoxy) is 1. The van der Waals surface area contributed by atoms with E-state index in [-0.39, 0.29) is 0 Å². The van der Waals surface area contributed by atoms with Crippen molar-refractivity contribution in [2.24, 2.45) is 0 Å². The lowest BCUT2D eigenvalue weighted by Crippen LogP contribution is -2.31. The smallest absolute Gasteiger partial charge is 0.119 e. The Hall–Kier alpha value is -1.02. The van der Waals surface area contributed by atoms with Gasteiger partial charge in [-0.2, -0.15) is 0 Å². The summed E-state index contributed by atoms with van der Waals surface area (Å²) in [6.45, 7) is 3.94. The first-order chi connectivity index (χ1) is 6.79. The average Bonchev–Trinajstić information content (AvgIpc) is 2.94. The molecule has 1 N–H and O–H groups in total. The van der Waals surface area contributed by atoms with Crippen LogP contribution in [0, 0.1) is 0 Å². The van der Waals surface area contributed by atoms with Crippen molar-refractivity contribution in [1.29, 1.82) is 0 Å². The molecule has 1 aliphatic carbocycles. The van der Waals surface area contributed by atoms with E-state index in [4.69, 9.17) is 4.74 Å². The molecule has 0 atom stereocenters. The molecule has 0 saturated heterocycles. The molecule has 0 amide bonds. The standard InChI is InChI=1S/C12H17NO/c1-12(7-8-12)13-9-10-14-11-5-3-2-4-6-11/h2-6,13H,7-10H2,1H3. The second-order valence-electron chi connectivity index (χ2n) is 4.15. The van der Waals surface area contributed by atoms with Crippen molar-refractivity contribution in [3.63, 3.8) is 0 Å². The van der Waals surface area contributed by atoms with Crippen LogP contribution < -0.4 is 10.1 Å². The molecule has 1 aromatic carbocycles. The van der Waals surface area contributed by atoms with Crippen molar-refractivity contribution in [1.82, 2.24) is 5.32 Å². The fourth-order valence-corrected chi connectivity index (χ4v) is 1.40. The lowest BCUT2D eigenvalue weighted by atomic mass is 10.3. The second-order valence-corrected chi connectivity index (χ2v) is 4.15. The molecule has 1 fully saturated rings. The van der Waals surface area contributed by atoms with E-state index >= 15 is 0 Å². The second kappa shape index (κ2) is 4.01. The van der Waals surface area contributed by atoms with Crippen LogP contribution in [0.2, 0.25) is 0 Å². The third-order valence-corrected chi connectivity index (χ3v) is 2.67. The third kappa shape index (κ3) is 2.74. The maximum absolute atomic E-state index is 5.57. The SMILES string of the molecule is CC1(NCCOc2ccccc2)CC1. The van der Waals surface area contributed by atoms with Gasteiger partial charge in [0, 0.05) is 12.1 Å². The van der Waals surface area contributed by atoms with Crippen LogP contribution in [0.15, 0.2) is 30.3 Å². The Bertz CT molecular complexity index is 280. The van der Waals surface area contributed by atoms with Crippen molar-refractivity contribution < 1.29 is 4.74 Å². The minimum Gasteiger partial charge on any atom is -0.492 e. The molecule has 1 aromatic rings. The van der Waals surface area contributed by atoms with Gasteiger partial charge < -0.3 is 10.1 Å². The van der Waals surface area contributed by atoms with Gasteiger partial charge in [0.1, 0.15) is 12.4 Å². The molecule has 0 radical (unpaired) electrons. The van der Waals surface area contributed by atoms with Gasteiger partial charge in [0.25, 0.3) is 0 Å². The summed E-state index contributed by atoms with van der Waals surface area (Å²) in [5.41, 5.74) is 0.417.